The van der Waals surface area contributed by atoms with Crippen molar-refractivity contribution in [1.29, 1.82) is 0 Å². The molecule has 1 aliphatic carbocycles. The van der Waals surface area contributed by atoms with Crippen LogP contribution in [0.4, 0.5) is 0 Å². The van der Waals surface area contributed by atoms with Crippen LogP contribution in [0.2, 0.25) is 0 Å². The van der Waals surface area contributed by atoms with Gasteiger partial charge in [-0.05, 0) is 35.3 Å². The molecule has 0 spiro atoms. The van der Waals surface area contributed by atoms with Gasteiger partial charge in [-0.2, -0.15) is 0 Å². The second-order valence-electron chi connectivity index (χ2n) is 7.95. The van der Waals surface area contributed by atoms with Gasteiger partial charge in [0.1, 0.15) is 12.6 Å². The van der Waals surface area contributed by atoms with Crippen LogP contribution in [0, 0.1) is 0 Å². The summed E-state index contributed by atoms with van der Waals surface area (Å²) in [5.74, 6) is -0.902. The molecule has 5 rings (SSSR count). The largest absolute Gasteiger partial charge is 0.484 e. The first-order valence-corrected chi connectivity index (χ1v) is 10.5. The highest BCUT2D eigenvalue weighted by Gasteiger charge is 2.36. The first kappa shape index (κ1) is 14.1. The lowest BCUT2D eigenvalue weighted by Gasteiger charge is -2.29. The van der Waals surface area contributed by atoms with Crippen molar-refractivity contribution in [3.63, 3.8) is 0 Å². The molecule has 2 saturated heterocycles. The molecule has 0 radical (unpaired) electrons. The SMILES string of the molecule is [2H]C1([2H])OC([2H])([2H])C([2H])([2H])N(Cc2ccc(COC3=C4CN(C5CCC(=O)NC5=O)C=C4C=CC3=O)cc2)C1([2H])[2H]. The molecule has 172 valence electrons. The van der Waals surface area contributed by atoms with Gasteiger partial charge in [0.15, 0.2) is 5.76 Å². The predicted octanol–water partition coefficient (Wildman–Crippen LogP) is 1.43. The predicted molar refractivity (Wildman–Crippen MR) is 119 cm³/mol. The molecule has 2 fully saturated rings. The molecule has 1 N–H and O–H groups in total. The van der Waals surface area contributed by atoms with Crippen LogP contribution < -0.4 is 5.32 Å². The van der Waals surface area contributed by atoms with E-state index in [0.29, 0.717) is 28.0 Å². The highest BCUT2D eigenvalue weighted by molar-refractivity contribution is 6.06. The van der Waals surface area contributed by atoms with Crippen molar-refractivity contribution in [2.45, 2.75) is 32.0 Å². The molecule has 8 nitrogen and oxygen atoms in total. The molecule has 3 aliphatic heterocycles. The molecule has 2 amide bonds. The summed E-state index contributed by atoms with van der Waals surface area (Å²) in [5.41, 5.74) is 2.37. The Morgan fingerprint density at radius 2 is 1.85 bits per heavy atom. The molecular formula is C25H27N3O5. The number of hydrogen-bond donors (Lipinski definition) is 1. The van der Waals surface area contributed by atoms with E-state index in [1.54, 1.807) is 41.4 Å². The monoisotopic (exact) mass is 457 g/mol. The van der Waals surface area contributed by atoms with Crippen molar-refractivity contribution in [2.75, 3.05) is 32.7 Å². The standard InChI is InChI=1S/C25H27N3O5/c29-22-7-5-19-14-28(21-6-8-23(30)26-25(21)31)15-20(19)24(22)33-16-18-3-1-17(2-4-18)13-27-9-11-32-12-10-27/h1-5,7,14,21H,6,8-13,15-16H2,(H,26,30,31)/i9D2,10D2,11D2,12D2. The van der Waals surface area contributed by atoms with E-state index >= 15 is 0 Å². The molecular weight excluding hydrogens is 422 g/mol. The minimum atomic E-state index is -3.12. The molecule has 4 aliphatic rings. The molecule has 8 heteroatoms. The van der Waals surface area contributed by atoms with E-state index in [0.717, 1.165) is 5.57 Å². The number of nitrogens with zero attached hydrogens (tertiary/aromatic N) is 2. The molecule has 0 aromatic heterocycles. The van der Waals surface area contributed by atoms with Crippen LogP contribution >= 0.6 is 0 Å². The molecule has 1 aromatic rings. The number of benzene rings is 1. The number of nitrogens with one attached hydrogen (secondary N) is 1. The third-order valence-electron chi connectivity index (χ3n) is 5.73. The third-order valence-corrected chi connectivity index (χ3v) is 5.73. The van der Waals surface area contributed by atoms with Crippen LogP contribution in [0.25, 0.3) is 0 Å². The van der Waals surface area contributed by atoms with Crippen molar-refractivity contribution in [1.82, 2.24) is 15.1 Å². The number of fused-ring (bicyclic) bond motifs is 1. The number of ketones is 1. The summed E-state index contributed by atoms with van der Waals surface area (Å²) in [6.07, 6.45) is 5.39. The Morgan fingerprint density at radius 3 is 2.61 bits per heavy atom. The van der Waals surface area contributed by atoms with Crippen LogP contribution in [-0.4, -0.2) is 66.1 Å². The van der Waals surface area contributed by atoms with Crippen LogP contribution in [0.1, 0.15) is 34.9 Å². The van der Waals surface area contributed by atoms with Gasteiger partial charge >= 0.3 is 0 Å². The van der Waals surface area contributed by atoms with Gasteiger partial charge in [0, 0.05) is 49.8 Å². The van der Waals surface area contributed by atoms with Gasteiger partial charge < -0.3 is 14.4 Å². The van der Waals surface area contributed by atoms with Gasteiger partial charge in [-0.1, -0.05) is 24.3 Å². The Balaban J connectivity index is 1.28. The molecule has 1 atom stereocenters. The summed E-state index contributed by atoms with van der Waals surface area (Å²) >= 11 is 0. The number of amides is 2. The van der Waals surface area contributed by atoms with Crippen molar-refractivity contribution >= 4 is 17.6 Å². The van der Waals surface area contributed by atoms with E-state index in [4.69, 9.17) is 15.7 Å². The van der Waals surface area contributed by atoms with Gasteiger partial charge in [-0.25, -0.2) is 0 Å². The van der Waals surface area contributed by atoms with E-state index < -0.39 is 38.7 Å². The lowest BCUT2D eigenvalue weighted by atomic mass is 10.00. The zero-order chi connectivity index (χ0) is 30.0. The normalized spacial score (nSPS) is 33.2. The van der Waals surface area contributed by atoms with E-state index in [9.17, 15) is 14.4 Å². The van der Waals surface area contributed by atoms with Crippen LogP contribution in [0.3, 0.4) is 0 Å². The zero-order valence-corrected chi connectivity index (χ0v) is 17.6. The third kappa shape index (κ3) is 4.77. The number of allylic oxidation sites excluding steroid dienone is 2. The number of carbonyl (C=O) groups is 3. The second kappa shape index (κ2) is 9.33. The second-order valence-corrected chi connectivity index (χ2v) is 7.95. The molecule has 33 heavy (non-hydrogen) atoms. The van der Waals surface area contributed by atoms with Gasteiger partial charge in [0.2, 0.25) is 17.6 Å². The number of carbonyl (C=O) groups excluding carboxylic acids is 3. The topological polar surface area (TPSA) is 88.2 Å². The Labute approximate surface area is 203 Å². The Bertz CT molecular complexity index is 1360. The molecule has 1 aromatic carbocycles. The Morgan fingerprint density at radius 1 is 1.09 bits per heavy atom. The molecule has 0 saturated carbocycles. The molecule has 1 unspecified atom stereocenters. The number of ether oxygens (including phenoxy) is 2. The summed E-state index contributed by atoms with van der Waals surface area (Å²) in [6.45, 7) is -12.4. The number of hydrogen-bond acceptors (Lipinski definition) is 7. The van der Waals surface area contributed by atoms with E-state index in [2.05, 4.69) is 10.1 Å². The number of rotatable bonds is 6. The van der Waals surface area contributed by atoms with Crippen LogP contribution in [0.5, 0.6) is 0 Å². The highest BCUT2D eigenvalue weighted by atomic mass is 16.5. The van der Waals surface area contributed by atoms with Crippen molar-refractivity contribution in [2.24, 2.45) is 0 Å². The van der Waals surface area contributed by atoms with E-state index in [1.165, 1.54) is 6.08 Å². The lowest BCUT2D eigenvalue weighted by molar-refractivity contribution is -0.136. The minimum Gasteiger partial charge on any atom is -0.484 e. The number of piperidine rings is 1. The molecule has 0 bridgehead atoms. The zero-order valence-electron chi connectivity index (χ0n) is 25.6. The fraction of sp³-hybridized carbons (Fsp3) is 0.400. The van der Waals surface area contributed by atoms with Crippen molar-refractivity contribution < 1.29 is 34.8 Å². The maximum Gasteiger partial charge on any atom is 0.249 e. The minimum absolute atomic E-state index is 0.00526. The quantitative estimate of drug-likeness (QED) is 0.647. The fourth-order valence-corrected chi connectivity index (χ4v) is 4.04. The van der Waals surface area contributed by atoms with Gasteiger partial charge in [-0.15, -0.1) is 0 Å². The molecule has 3 heterocycles. The van der Waals surface area contributed by atoms with E-state index in [-0.39, 0.29) is 42.9 Å². The van der Waals surface area contributed by atoms with E-state index in [1.807, 2.05) is 0 Å². The van der Waals surface area contributed by atoms with Gasteiger partial charge in [0.25, 0.3) is 0 Å². The number of morpholine rings is 1. The van der Waals surface area contributed by atoms with Crippen LogP contribution in [0.15, 0.2) is 59.5 Å². The lowest BCUT2D eigenvalue weighted by Crippen LogP contribution is -2.50. The van der Waals surface area contributed by atoms with Gasteiger partial charge in [-0.3, -0.25) is 24.6 Å². The maximum atomic E-state index is 12.7. The first-order chi connectivity index (χ1) is 19.0. The highest BCUT2D eigenvalue weighted by Crippen LogP contribution is 2.32. The summed E-state index contributed by atoms with van der Waals surface area (Å²) in [7, 11) is 0. The summed E-state index contributed by atoms with van der Waals surface area (Å²) in [4.78, 5) is 38.7. The smallest absolute Gasteiger partial charge is 0.249 e. The summed E-state index contributed by atoms with van der Waals surface area (Å²) in [6, 6.07) is 5.82. The number of imide groups is 1. The summed E-state index contributed by atoms with van der Waals surface area (Å²) in [5, 5.41) is 2.33. The first-order valence-electron chi connectivity index (χ1n) is 14.5. The average molecular weight is 458 g/mol. The van der Waals surface area contributed by atoms with Crippen LogP contribution in [-0.2, 0) is 37.0 Å². The average Bonchev–Trinajstić information content (AvgIpc) is 3.30. The summed E-state index contributed by atoms with van der Waals surface area (Å²) < 4.78 is 74.3. The van der Waals surface area contributed by atoms with Gasteiger partial charge in [0.05, 0.1) is 18.6 Å². The maximum absolute atomic E-state index is 12.7. The van der Waals surface area contributed by atoms with Crippen molar-refractivity contribution in [3.05, 3.63) is 70.6 Å². The fourth-order valence-electron chi connectivity index (χ4n) is 4.04. The Hall–Kier alpha value is -3.23. The Kier molecular flexibility index (Phi) is 3.99. The van der Waals surface area contributed by atoms with Crippen molar-refractivity contribution in [3.8, 4) is 0 Å².